The molecule has 0 bridgehead atoms. The van der Waals surface area contributed by atoms with Crippen molar-refractivity contribution in [3.63, 3.8) is 0 Å². The van der Waals surface area contributed by atoms with Gasteiger partial charge in [0, 0.05) is 11.8 Å². The lowest BCUT2D eigenvalue weighted by Gasteiger charge is -2.09. The first-order valence-electron chi connectivity index (χ1n) is 7.56. The molecule has 2 rings (SSSR count). The Balaban J connectivity index is 1.83. The lowest BCUT2D eigenvalue weighted by Crippen LogP contribution is -2.23. The molecule has 1 aromatic carbocycles. The number of nitrogens with zero attached hydrogens (tertiary/aromatic N) is 1. The highest BCUT2D eigenvalue weighted by Crippen LogP contribution is 2.13. The Morgan fingerprint density at radius 1 is 1.18 bits per heavy atom. The monoisotopic (exact) mass is 298 g/mol. The molecule has 0 aliphatic rings. The van der Waals surface area contributed by atoms with Crippen LogP contribution in [0.5, 0.6) is 5.75 Å². The molecule has 22 heavy (non-hydrogen) atoms. The summed E-state index contributed by atoms with van der Waals surface area (Å²) in [5, 5.41) is 2.85. The maximum atomic E-state index is 12.1. The second-order valence-electron chi connectivity index (χ2n) is 5.56. The molecule has 1 heterocycles. The number of ether oxygens (including phenoxy) is 1. The van der Waals surface area contributed by atoms with Crippen LogP contribution in [0.25, 0.3) is 0 Å². The van der Waals surface area contributed by atoms with Crippen molar-refractivity contribution in [2.75, 3.05) is 6.61 Å². The minimum Gasteiger partial charge on any atom is -0.494 e. The molecule has 0 spiro atoms. The fourth-order valence-electron chi connectivity index (χ4n) is 1.89. The smallest absolute Gasteiger partial charge is 0.251 e. The van der Waals surface area contributed by atoms with Crippen molar-refractivity contribution in [3.8, 4) is 5.75 Å². The van der Waals surface area contributed by atoms with Crippen LogP contribution in [0.1, 0.15) is 36.3 Å². The zero-order valence-electron chi connectivity index (χ0n) is 13.1. The summed E-state index contributed by atoms with van der Waals surface area (Å²) in [5.74, 6) is 1.30. The van der Waals surface area contributed by atoms with E-state index < -0.39 is 0 Å². The number of nitrogens with one attached hydrogen (secondary N) is 1. The predicted octanol–water partition coefficient (Wildman–Crippen LogP) is 3.44. The average Bonchev–Trinajstić information content (AvgIpc) is 2.54. The van der Waals surface area contributed by atoms with Crippen molar-refractivity contribution < 1.29 is 9.53 Å². The van der Waals surface area contributed by atoms with Gasteiger partial charge in [-0.2, -0.15) is 0 Å². The molecule has 0 aliphatic heterocycles. The quantitative estimate of drug-likeness (QED) is 0.852. The Bertz CT molecular complexity index is 580. The summed E-state index contributed by atoms with van der Waals surface area (Å²) >= 11 is 0. The zero-order valence-corrected chi connectivity index (χ0v) is 13.1. The summed E-state index contributed by atoms with van der Waals surface area (Å²) in [5.41, 5.74) is 1.46. The van der Waals surface area contributed by atoms with Gasteiger partial charge in [0.1, 0.15) is 5.75 Å². The molecule has 0 unspecified atom stereocenters. The van der Waals surface area contributed by atoms with Crippen molar-refractivity contribution in [3.05, 3.63) is 59.9 Å². The Morgan fingerprint density at radius 2 is 1.95 bits per heavy atom. The number of hydrogen-bond donors (Lipinski definition) is 1. The first-order valence-corrected chi connectivity index (χ1v) is 7.56. The van der Waals surface area contributed by atoms with Gasteiger partial charge >= 0.3 is 0 Å². The van der Waals surface area contributed by atoms with Crippen LogP contribution < -0.4 is 10.1 Å². The molecule has 4 heteroatoms. The van der Waals surface area contributed by atoms with Crippen LogP contribution >= 0.6 is 0 Å². The van der Waals surface area contributed by atoms with Crippen LogP contribution in [-0.4, -0.2) is 17.5 Å². The van der Waals surface area contributed by atoms with Crippen LogP contribution in [0.3, 0.4) is 0 Å². The molecule has 116 valence electrons. The van der Waals surface area contributed by atoms with Gasteiger partial charge in [-0.1, -0.05) is 19.9 Å². The van der Waals surface area contributed by atoms with E-state index in [1.807, 2.05) is 30.3 Å². The molecule has 0 aliphatic carbocycles. The van der Waals surface area contributed by atoms with Crippen molar-refractivity contribution in [1.29, 1.82) is 0 Å². The molecule has 0 saturated carbocycles. The minimum atomic E-state index is -0.112. The fourth-order valence-corrected chi connectivity index (χ4v) is 1.89. The van der Waals surface area contributed by atoms with Gasteiger partial charge in [0.25, 0.3) is 5.91 Å². The predicted molar refractivity (Wildman–Crippen MR) is 86.8 cm³/mol. The molecule has 1 amide bonds. The van der Waals surface area contributed by atoms with Gasteiger partial charge in [-0.3, -0.25) is 9.78 Å². The third-order valence-corrected chi connectivity index (χ3v) is 3.24. The molecule has 0 atom stereocenters. The van der Waals surface area contributed by atoms with Crippen molar-refractivity contribution in [2.45, 2.75) is 26.8 Å². The summed E-state index contributed by atoms with van der Waals surface area (Å²) in [6.45, 7) is 5.45. The van der Waals surface area contributed by atoms with Gasteiger partial charge in [-0.15, -0.1) is 0 Å². The maximum Gasteiger partial charge on any atom is 0.251 e. The summed E-state index contributed by atoms with van der Waals surface area (Å²) < 4.78 is 5.64. The van der Waals surface area contributed by atoms with Crippen LogP contribution in [0, 0.1) is 5.92 Å². The summed E-state index contributed by atoms with van der Waals surface area (Å²) in [4.78, 5) is 16.2. The number of amides is 1. The van der Waals surface area contributed by atoms with Gasteiger partial charge in [0.05, 0.1) is 18.8 Å². The van der Waals surface area contributed by atoms with E-state index in [1.165, 1.54) is 0 Å². The van der Waals surface area contributed by atoms with Crippen molar-refractivity contribution >= 4 is 5.91 Å². The standard InChI is InChI=1S/C18H22N2O2/c1-14(2)10-12-22-17-8-6-15(7-9-17)18(21)20-13-16-5-3-4-11-19-16/h3-9,11,14H,10,12-13H2,1-2H3,(H,20,21). The SMILES string of the molecule is CC(C)CCOc1ccc(C(=O)NCc2ccccn2)cc1. The van der Waals surface area contributed by atoms with Crippen LogP contribution in [0.15, 0.2) is 48.7 Å². The molecule has 1 aromatic heterocycles. The van der Waals surface area contributed by atoms with Crippen molar-refractivity contribution in [1.82, 2.24) is 10.3 Å². The summed E-state index contributed by atoms with van der Waals surface area (Å²) in [6.07, 6.45) is 2.73. The Morgan fingerprint density at radius 3 is 2.59 bits per heavy atom. The highest BCUT2D eigenvalue weighted by atomic mass is 16.5. The highest BCUT2D eigenvalue weighted by molar-refractivity contribution is 5.94. The second kappa shape index (κ2) is 8.17. The topological polar surface area (TPSA) is 51.2 Å². The largest absolute Gasteiger partial charge is 0.494 e. The molecular formula is C18H22N2O2. The Hall–Kier alpha value is -2.36. The van der Waals surface area contributed by atoms with E-state index in [2.05, 4.69) is 24.1 Å². The van der Waals surface area contributed by atoms with Gasteiger partial charge < -0.3 is 10.1 Å². The van der Waals surface area contributed by atoms with E-state index in [0.29, 0.717) is 24.6 Å². The number of carbonyl (C=O) groups excluding carboxylic acids is 1. The third kappa shape index (κ3) is 5.20. The zero-order chi connectivity index (χ0) is 15.8. The maximum absolute atomic E-state index is 12.1. The average molecular weight is 298 g/mol. The second-order valence-corrected chi connectivity index (χ2v) is 5.56. The number of aromatic nitrogens is 1. The van der Waals surface area contributed by atoms with Gasteiger partial charge in [-0.25, -0.2) is 0 Å². The molecule has 0 radical (unpaired) electrons. The van der Waals surface area contributed by atoms with E-state index in [0.717, 1.165) is 17.9 Å². The first-order chi connectivity index (χ1) is 10.6. The van der Waals surface area contributed by atoms with E-state index in [4.69, 9.17) is 4.74 Å². The summed E-state index contributed by atoms with van der Waals surface area (Å²) in [7, 11) is 0. The lowest BCUT2D eigenvalue weighted by atomic mass is 10.1. The minimum absolute atomic E-state index is 0.112. The van der Waals surface area contributed by atoms with E-state index in [-0.39, 0.29) is 5.91 Å². The summed E-state index contributed by atoms with van der Waals surface area (Å²) in [6, 6.07) is 12.8. The number of benzene rings is 1. The lowest BCUT2D eigenvalue weighted by molar-refractivity contribution is 0.0950. The van der Waals surface area contributed by atoms with E-state index in [1.54, 1.807) is 18.3 Å². The van der Waals surface area contributed by atoms with E-state index in [9.17, 15) is 4.79 Å². The molecule has 0 saturated heterocycles. The molecule has 2 aromatic rings. The number of hydrogen-bond acceptors (Lipinski definition) is 3. The molecule has 4 nitrogen and oxygen atoms in total. The molecule has 0 fully saturated rings. The van der Waals surface area contributed by atoms with Crippen LogP contribution in [0.4, 0.5) is 0 Å². The van der Waals surface area contributed by atoms with Crippen LogP contribution in [-0.2, 0) is 6.54 Å². The highest BCUT2D eigenvalue weighted by Gasteiger charge is 2.06. The fraction of sp³-hybridized carbons (Fsp3) is 0.333. The van der Waals surface area contributed by atoms with Crippen LogP contribution in [0.2, 0.25) is 0 Å². The first kappa shape index (κ1) is 16.0. The van der Waals surface area contributed by atoms with Gasteiger partial charge in [0.15, 0.2) is 0 Å². The normalized spacial score (nSPS) is 10.5. The number of pyridine rings is 1. The van der Waals surface area contributed by atoms with Gasteiger partial charge in [-0.05, 0) is 48.7 Å². The number of carbonyl (C=O) groups is 1. The van der Waals surface area contributed by atoms with Gasteiger partial charge in [0.2, 0.25) is 0 Å². The molecule has 1 N–H and O–H groups in total. The van der Waals surface area contributed by atoms with Crippen molar-refractivity contribution in [2.24, 2.45) is 5.92 Å². The van der Waals surface area contributed by atoms with E-state index >= 15 is 0 Å². The Labute approximate surface area is 131 Å². The number of rotatable bonds is 7. The third-order valence-electron chi connectivity index (χ3n) is 3.24. The molecular weight excluding hydrogens is 276 g/mol. The Kier molecular flexibility index (Phi) is 5.95.